The average Bonchev–Trinajstić information content (AvgIpc) is 2.77. The molecule has 194 valence electrons. The van der Waals surface area contributed by atoms with Crippen LogP contribution in [0.3, 0.4) is 0 Å². The van der Waals surface area contributed by atoms with Gasteiger partial charge in [-0.15, -0.1) is 0 Å². The number of aliphatic imine (C=N–C) groups is 1. The molecule has 0 radical (unpaired) electrons. The van der Waals surface area contributed by atoms with Crippen molar-refractivity contribution in [3.8, 4) is 0 Å². The number of benzene rings is 2. The molecule has 0 spiro atoms. The fourth-order valence-corrected chi connectivity index (χ4v) is 7.53. The second-order valence-electron chi connectivity index (χ2n) is 8.73. The summed E-state index contributed by atoms with van der Waals surface area (Å²) in [5.41, 5.74) is 13.9. The van der Waals surface area contributed by atoms with Crippen molar-refractivity contribution < 1.29 is 31.2 Å². The van der Waals surface area contributed by atoms with Crippen LogP contribution in [0.1, 0.15) is 55.8 Å². The van der Waals surface area contributed by atoms with Crippen molar-refractivity contribution in [2.45, 2.75) is 49.3 Å². The van der Waals surface area contributed by atoms with Crippen LogP contribution in [0.4, 0.5) is 0 Å². The summed E-state index contributed by atoms with van der Waals surface area (Å²) in [7, 11) is -5.25. The molecule has 0 fully saturated rings. The highest BCUT2D eigenvalue weighted by Gasteiger charge is 2.27. The summed E-state index contributed by atoms with van der Waals surface area (Å²) in [5.74, 6) is -1.19. The Kier molecular flexibility index (Phi) is 7.89. The number of carbonyl (C=O) groups is 2. The maximum absolute atomic E-state index is 12.0. The van der Waals surface area contributed by atoms with Gasteiger partial charge in [0.05, 0.1) is 34.0 Å². The van der Waals surface area contributed by atoms with Crippen molar-refractivity contribution in [3.05, 3.63) is 57.6 Å². The van der Waals surface area contributed by atoms with E-state index < -0.39 is 31.6 Å². The quantitative estimate of drug-likeness (QED) is 0.329. The molecule has 0 aromatic heterocycles. The van der Waals surface area contributed by atoms with Gasteiger partial charge in [0.15, 0.2) is 25.6 Å². The molecule has 0 bridgehead atoms. The van der Waals surface area contributed by atoms with Gasteiger partial charge in [-0.05, 0) is 73.9 Å². The normalized spacial score (nSPS) is 16.9. The number of methoxy groups -OCH3 is 1. The van der Waals surface area contributed by atoms with Gasteiger partial charge in [-0.1, -0.05) is 12.1 Å². The largest absolute Gasteiger partial charge is 0.465 e. The van der Waals surface area contributed by atoms with Gasteiger partial charge >= 0.3 is 5.97 Å². The number of hydrogen-bond acceptors (Lipinski definition) is 7. The predicted molar refractivity (Wildman–Crippen MR) is 135 cm³/mol. The third kappa shape index (κ3) is 5.76. The molecule has 2 aromatic carbocycles. The van der Waals surface area contributed by atoms with E-state index in [9.17, 15) is 26.4 Å². The van der Waals surface area contributed by atoms with E-state index in [2.05, 4.69) is 9.73 Å². The van der Waals surface area contributed by atoms with E-state index in [-0.39, 0.29) is 32.8 Å². The van der Waals surface area contributed by atoms with Crippen molar-refractivity contribution in [2.24, 2.45) is 16.5 Å². The zero-order valence-electron chi connectivity index (χ0n) is 20.3. The Balaban J connectivity index is 0.000000202. The Morgan fingerprint density at radius 1 is 0.806 bits per heavy atom. The molecule has 0 aliphatic carbocycles. The lowest BCUT2D eigenvalue weighted by Crippen LogP contribution is -2.24. The maximum atomic E-state index is 12.0. The number of nitrogens with zero attached hydrogens (tertiary/aromatic N) is 1. The van der Waals surface area contributed by atoms with Crippen LogP contribution in [-0.4, -0.2) is 53.3 Å². The smallest absolute Gasteiger partial charge is 0.338 e. The van der Waals surface area contributed by atoms with Crippen LogP contribution in [0.15, 0.2) is 39.0 Å². The number of ether oxygens (including phenoxy) is 1. The highest BCUT2D eigenvalue weighted by molar-refractivity contribution is 7.91. The lowest BCUT2D eigenvalue weighted by molar-refractivity contribution is 0.0599. The first-order valence-electron chi connectivity index (χ1n) is 11.2. The number of fused-ring (bicyclic) bond motifs is 2. The maximum Gasteiger partial charge on any atom is 0.338 e. The molecular weight excluding hydrogens is 506 g/mol. The molecule has 2 heterocycles. The van der Waals surface area contributed by atoms with Crippen molar-refractivity contribution in [2.75, 3.05) is 18.6 Å². The van der Waals surface area contributed by atoms with Crippen LogP contribution in [0.5, 0.6) is 0 Å². The second kappa shape index (κ2) is 10.4. The zero-order chi connectivity index (χ0) is 26.8. The van der Waals surface area contributed by atoms with Crippen molar-refractivity contribution in [1.29, 1.82) is 0 Å². The molecule has 0 saturated heterocycles. The first-order valence-corrected chi connectivity index (χ1v) is 14.5. The highest BCUT2D eigenvalue weighted by atomic mass is 32.2. The summed E-state index contributed by atoms with van der Waals surface area (Å²) in [6.07, 6.45) is 2.70. The van der Waals surface area contributed by atoms with E-state index >= 15 is 0 Å². The summed E-state index contributed by atoms with van der Waals surface area (Å²) in [6.45, 7) is 3.52. The van der Waals surface area contributed by atoms with Crippen LogP contribution >= 0.6 is 0 Å². The Morgan fingerprint density at radius 2 is 1.25 bits per heavy atom. The SMILES string of the molecule is COC(=O)c1cc2c(cc1C)CCCS2(=O)=O.Cc1cc2c(cc1C(=O)N=C(N)N)S(=O)(=O)CCC2. The van der Waals surface area contributed by atoms with Gasteiger partial charge in [-0.2, -0.15) is 4.99 Å². The molecule has 1 amide bonds. The van der Waals surface area contributed by atoms with Gasteiger partial charge in [-0.3, -0.25) is 4.79 Å². The average molecular weight is 536 g/mol. The summed E-state index contributed by atoms with van der Waals surface area (Å²) in [6, 6.07) is 6.33. The van der Waals surface area contributed by atoms with Crippen LogP contribution in [0.2, 0.25) is 0 Å². The van der Waals surface area contributed by atoms with E-state index in [0.29, 0.717) is 30.4 Å². The number of hydrogen-bond donors (Lipinski definition) is 2. The molecule has 36 heavy (non-hydrogen) atoms. The third-order valence-electron chi connectivity index (χ3n) is 6.07. The molecule has 2 aliphatic rings. The molecular formula is C24H29N3O7S2. The fourth-order valence-electron chi connectivity index (χ4n) is 4.33. The number of aryl methyl sites for hydroxylation is 4. The standard InChI is InChI=1S/C12H15N3O3S.C12H14O4S/c1-7-5-8-3-2-4-19(17,18)10(8)6-9(7)11(16)15-12(13)14;1-8-6-9-4-3-5-17(14,15)11(9)7-10(8)12(13)16-2/h5-6H,2-4H2,1H3,(H4,13,14,15,16);6-7H,3-5H2,1-2H3. The Bertz CT molecular complexity index is 1470. The minimum Gasteiger partial charge on any atom is -0.465 e. The summed E-state index contributed by atoms with van der Waals surface area (Å²) in [4.78, 5) is 27.3. The van der Waals surface area contributed by atoms with E-state index in [0.717, 1.165) is 23.1 Å². The van der Waals surface area contributed by atoms with Crippen LogP contribution in [0, 0.1) is 13.8 Å². The number of rotatable bonds is 2. The molecule has 0 saturated carbocycles. The number of guanidine groups is 1. The van der Waals surface area contributed by atoms with Crippen molar-refractivity contribution in [3.63, 3.8) is 0 Å². The Morgan fingerprint density at radius 3 is 1.69 bits per heavy atom. The summed E-state index contributed by atoms with van der Waals surface area (Å²) in [5, 5.41) is 0. The topological polar surface area (TPSA) is 176 Å². The lowest BCUT2D eigenvalue weighted by atomic mass is 10.0. The van der Waals surface area contributed by atoms with E-state index in [1.807, 2.05) is 0 Å². The third-order valence-corrected chi connectivity index (χ3v) is 9.82. The Labute approximate surface area is 210 Å². The van der Waals surface area contributed by atoms with Gasteiger partial charge in [0.1, 0.15) is 0 Å². The molecule has 4 N–H and O–H groups in total. The number of esters is 1. The molecule has 10 nitrogen and oxygen atoms in total. The minimum absolute atomic E-state index is 0.110. The monoisotopic (exact) mass is 535 g/mol. The summed E-state index contributed by atoms with van der Waals surface area (Å²) < 4.78 is 52.4. The first kappa shape index (κ1) is 27.3. The molecule has 4 rings (SSSR count). The molecule has 12 heteroatoms. The lowest BCUT2D eigenvalue weighted by Gasteiger charge is -2.18. The van der Waals surface area contributed by atoms with E-state index in [1.54, 1.807) is 26.0 Å². The van der Waals surface area contributed by atoms with Crippen molar-refractivity contribution >= 4 is 37.5 Å². The van der Waals surface area contributed by atoms with Crippen molar-refractivity contribution in [1.82, 2.24) is 0 Å². The van der Waals surface area contributed by atoms with Gasteiger partial charge in [0, 0.05) is 5.56 Å². The van der Waals surface area contributed by atoms with E-state index in [4.69, 9.17) is 11.5 Å². The molecule has 2 aromatic rings. The first-order chi connectivity index (χ1) is 16.8. The number of nitrogens with two attached hydrogens (primary N) is 2. The molecule has 0 atom stereocenters. The highest BCUT2D eigenvalue weighted by Crippen LogP contribution is 2.29. The summed E-state index contributed by atoms with van der Waals surface area (Å²) >= 11 is 0. The second-order valence-corrected chi connectivity index (χ2v) is 12.9. The number of amides is 1. The van der Waals surface area contributed by atoms with Gasteiger partial charge in [0.25, 0.3) is 5.91 Å². The van der Waals surface area contributed by atoms with Crippen LogP contribution < -0.4 is 11.5 Å². The van der Waals surface area contributed by atoms with E-state index in [1.165, 1.54) is 19.2 Å². The minimum atomic E-state index is -3.31. The Hall–Kier alpha value is -3.25. The fraction of sp³-hybridized carbons (Fsp3) is 0.375. The number of carbonyl (C=O) groups excluding carboxylic acids is 2. The predicted octanol–water partition coefficient (Wildman–Crippen LogP) is 1.63. The van der Waals surface area contributed by atoms with Gasteiger partial charge < -0.3 is 16.2 Å². The molecule has 0 unspecified atom stereocenters. The van der Waals surface area contributed by atoms with Crippen LogP contribution in [-0.2, 0) is 37.3 Å². The van der Waals surface area contributed by atoms with Gasteiger partial charge in [0.2, 0.25) is 0 Å². The molecule has 2 aliphatic heterocycles. The van der Waals surface area contributed by atoms with Gasteiger partial charge in [-0.25, -0.2) is 21.6 Å². The van der Waals surface area contributed by atoms with Crippen LogP contribution in [0.25, 0.3) is 0 Å². The zero-order valence-corrected chi connectivity index (χ0v) is 22.0. The number of sulfone groups is 2.